The van der Waals surface area contributed by atoms with Gasteiger partial charge in [-0.15, -0.1) is 11.6 Å². The van der Waals surface area contributed by atoms with Gasteiger partial charge in [-0.05, 0) is 30.5 Å². The van der Waals surface area contributed by atoms with Gasteiger partial charge in [-0.3, -0.25) is 19.7 Å². The highest BCUT2D eigenvalue weighted by molar-refractivity contribution is 6.17. The van der Waals surface area contributed by atoms with Crippen LogP contribution in [0.3, 0.4) is 0 Å². The van der Waals surface area contributed by atoms with Crippen LogP contribution < -0.4 is 14.8 Å². The number of hydrogen-bond donors (Lipinski definition) is 1. The molecule has 2 aromatic carbocycles. The molecule has 2 aromatic rings. The first-order valence-corrected chi connectivity index (χ1v) is 10.5. The highest BCUT2D eigenvalue weighted by Crippen LogP contribution is 2.31. The maximum Gasteiger partial charge on any atom is 0.305 e. The Hall–Kier alpha value is -3.33. The number of nitrogens with one attached hydrogen (secondary N) is 1. The number of amides is 1. The molecule has 9 nitrogen and oxygen atoms in total. The maximum atomic E-state index is 12.4. The second-order valence-corrected chi connectivity index (χ2v) is 7.11. The molecule has 0 fully saturated rings. The van der Waals surface area contributed by atoms with Crippen LogP contribution in [0, 0.1) is 10.1 Å². The SMILES string of the molecule is COC(=O)CCCOc1cc(NC(=O)Cc2ccc([N+](=O)[O-])cc2)ccc1OCCCCl. The fourth-order valence-electron chi connectivity index (χ4n) is 2.68. The van der Waals surface area contributed by atoms with Crippen molar-refractivity contribution >= 4 is 34.9 Å². The van der Waals surface area contributed by atoms with E-state index in [1.54, 1.807) is 30.3 Å². The number of carbonyl (C=O) groups excluding carboxylic acids is 2. The van der Waals surface area contributed by atoms with Crippen molar-refractivity contribution in [2.24, 2.45) is 0 Å². The molecule has 0 saturated carbocycles. The van der Waals surface area contributed by atoms with Crippen molar-refractivity contribution in [3.63, 3.8) is 0 Å². The highest BCUT2D eigenvalue weighted by Gasteiger charge is 2.11. The lowest BCUT2D eigenvalue weighted by atomic mass is 10.1. The molecule has 0 saturated heterocycles. The van der Waals surface area contributed by atoms with Gasteiger partial charge in [0.15, 0.2) is 11.5 Å². The van der Waals surface area contributed by atoms with Gasteiger partial charge < -0.3 is 19.5 Å². The first-order chi connectivity index (χ1) is 15.4. The number of non-ortho nitro benzene ring substituents is 1. The van der Waals surface area contributed by atoms with E-state index in [2.05, 4.69) is 10.1 Å². The predicted molar refractivity (Wildman–Crippen MR) is 119 cm³/mol. The van der Waals surface area contributed by atoms with E-state index in [0.717, 1.165) is 0 Å². The third-order valence-electron chi connectivity index (χ3n) is 4.29. The number of benzene rings is 2. The summed E-state index contributed by atoms with van der Waals surface area (Å²) in [6, 6.07) is 10.8. The van der Waals surface area contributed by atoms with Gasteiger partial charge in [0, 0.05) is 36.2 Å². The predicted octanol–water partition coefficient (Wildman–Crippen LogP) is 4.12. The fourth-order valence-corrected chi connectivity index (χ4v) is 2.79. The average molecular weight is 465 g/mol. The minimum absolute atomic E-state index is 0.0343. The number of nitro benzene ring substituents is 1. The summed E-state index contributed by atoms with van der Waals surface area (Å²) in [5, 5.41) is 13.5. The summed E-state index contributed by atoms with van der Waals surface area (Å²) < 4.78 is 16.1. The van der Waals surface area contributed by atoms with E-state index in [0.29, 0.717) is 48.1 Å². The number of carbonyl (C=O) groups is 2. The van der Waals surface area contributed by atoms with Crippen LogP contribution in [0.5, 0.6) is 11.5 Å². The Balaban J connectivity index is 2.01. The van der Waals surface area contributed by atoms with Crippen LogP contribution in [0.2, 0.25) is 0 Å². The number of rotatable bonds is 13. The lowest BCUT2D eigenvalue weighted by Crippen LogP contribution is -2.14. The van der Waals surface area contributed by atoms with Gasteiger partial charge in [0.1, 0.15) is 0 Å². The molecule has 0 aliphatic rings. The monoisotopic (exact) mass is 464 g/mol. The number of halogens is 1. The van der Waals surface area contributed by atoms with Crippen LogP contribution in [-0.4, -0.2) is 43.0 Å². The molecule has 0 spiro atoms. The van der Waals surface area contributed by atoms with Gasteiger partial charge in [-0.2, -0.15) is 0 Å². The fraction of sp³-hybridized carbons (Fsp3) is 0.364. The Kier molecular flexibility index (Phi) is 10.3. The molecule has 0 radical (unpaired) electrons. The Labute approximate surface area is 190 Å². The normalized spacial score (nSPS) is 10.3. The Morgan fingerprint density at radius 2 is 1.72 bits per heavy atom. The Morgan fingerprint density at radius 3 is 2.38 bits per heavy atom. The highest BCUT2D eigenvalue weighted by atomic mass is 35.5. The molecular weight excluding hydrogens is 440 g/mol. The van der Waals surface area contributed by atoms with E-state index in [-0.39, 0.29) is 37.0 Å². The molecule has 2 rings (SSSR count). The summed E-state index contributed by atoms with van der Waals surface area (Å²) >= 11 is 5.69. The van der Waals surface area contributed by atoms with Crippen LogP contribution >= 0.6 is 11.6 Å². The number of ether oxygens (including phenoxy) is 3. The van der Waals surface area contributed by atoms with Crippen LogP contribution in [0.15, 0.2) is 42.5 Å². The molecule has 0 heterocycles. The zero-order valence-corrected chi connectivity index (χ0v) is 18.4. The second kappa shape index (κ2) is 13.2. The van der Waals surface area contributed by atoms with E-state index in [9.17, 15) is 19.7 Å². The van der Waals surface area contributed by atoms with Gasteiger partial charge in [0.2, 0.25) is 5.91 Å². The van der Waals surface area contributed by atoms with Crippen molar-refractivity contribution < 1.29 is 28.7 Å². The molecule has 1 N–H and O–H groups in total. The van der Waals surface area contributed by atoms with E-state index in [4.69, 9.17) is 21.1 Å². The molecule has 1 amide bonds. The lowest BCUT2D eigenvalue weighted by molar-refractivity contribution is -0.384. The van der Waals surface area contributed by atoms with Gasteiger partial charge in [0.05, 0.1) is 31.7 Å². The van der Waals surface area contributed by atoms with Crippen molar-refractivity contribution in [3.8, 4) is 11.5 Å². The topological polar surface area (TPSA) is 117 Å². The summed E-state index contributed by atoms with van der Waals surface area (Å²) in [4.78, 5) is 33.9. The molecule has 32 heavy (non-hydrogen) atoms. The molecule has 0 bridgehead atoms. The lowest BCUT2D eigenvalue weighted by Gasteiger charge is -2.14. The van der Waals surface area contributed by atoms with E-state index < -0.39 is 4.92 Å². The summed E-state index contributed by atoms with van der Waals surface area (Å²) in [5.41, 5.74) is 1.12. The molecule has 0 unspecified atom stereocenters. The third-order valence-corrected chi connectivity index (χ3v) is 4.55. The Bertz CT molecular complexity index is 919. The van der Waals surface area contributed by atoms with Crippen LogP contribution in [-0.2, 0) is 20.7 Å². The van der Waals surface area contributed by atoms with Crippen molar-refractivity contribution in [1.82, 2.24) is 0 Å². The first-order valence-electron chi connectivity index (χ1n) is 9.98. The minimum atomic E-state index is -0.493. The van der Waals surface area contributed by atoms with Crippen LogP contribution in [0.25, 0.3) is 0 Å². The minimum Gasteiger partial charge on any atom is -0.490 e. The molecular formula is C22H25ClN2O7. The standard InChI is InChI=1S/C22H25ClN2O7/c1-30-22(27)4-2-12-32-20-15-17(7-10-19(20)31-13-3-11-23)24-21(26)14-16-5-8-18(9-6-16)25(28)29/h5-10,15H,2-4,11-14H2,1H3,(H,24,26). The average Bonchev–Trinajstić information content (AvgIpc) is 2.78. The summed E-state index contributed by atoms with van der Waals surface area (Å²) in [7, 11) is 1.33. The molecule has 0 aliphatic heterocycles. The van der Waals surface area contributed by atoms with Crippen molar-refractivity contribution in [1.29, 1.82) is 0 Å². The number of esters is 1. The second-order valence-electron chi connectivity index (χ2n) is 6.73. The first kappa shape index (κ1) is 24.9. The smallest absolute Gasteiger partial charge is 0.305 e. The summed E-state index contributed by atoms with van der Waals surface area (Å²) in [6.45, 7) is 0.676. The van der Waals surface area contributed by atoms with Crippen molar-refractivity contribution in [3.05, 3.63) is 58.1 Å². The van der Waals surface area contributed by atoms with Gasteiger partial charge >= 0.3 is 5.97 Å². The third kappa shape index (κ3) is 8.43. The number of hydrogen-bond acceptors (Lipinski definition) is 7. The van der Waals surface area contributed by atoms with Crippen LogP contribution in [0.4, 0.5) is 11.4 Å². The number of alkyl halides is 1. The maximum absolute atomic E-state index is 12.4. The van der Waals surface area contributed by atoms with E-state index in [1.165, 1.54) is 19.2 Å². The van der Waals surface area contributed by atoms with Gasteiger partial charge in [0.25, 0.3) is 5.69 Å². The van der Waals surface area contributed by atoms with Crippen molar-refractivity contribution in [2.45, 2.75) is 25.7 Å². The van der Waals surface area contributed by atoms with Crippen molar-refractivity contribution in [2.75, 3.05) is 31.5 Å². The number of methoxy groups -OCH3 is 1. The number of anilines is 1. The molecule has 0 aromatic heterocycles. The number of nitrogens with zero attached hydrogens (tertiary/aromatic N) is 1. The van der Waals surface area contributed by atoms with E-state index in [1.807, 2.05) is 0 Å². The quantitative estimate of drug-likeness (QED) is 0.156. The zero-order valence-electron chi connectivity index (χ0n) is 17.7. The van der Waals surface area contributed by atoms with Gasteiger partial charge in [-0.25, -0.2) is 0 Å². The summed E-state index contributed by atoms with van der Waals surface area (Å²) in [6.07, 6.45) is 1.41. The molecule has 10 heteroatoms. The zero-order chi connectivity index (χ0) is 23.3. The van der Waals surface area contributed by atoms with E-state index >= 15 is 0 Å². The van der Waals surface area contributed by atoms with Crippen LogP contribution in [0.1, 0.15) is 24.8 Å². The molecule has 172 valence electrons. The summed E-state index contributed by atoms with van der Waals surface area (Å²) in [5.74, 6) is 0.788. The molecule has 0 aliphatic carbocycles. The molecule has 0 atom stereocenters. The number of nitro groups is 1. The largest absolute Gasteiger partial charge is 0.490 e. The van der Waals surface area contributed by atoms with Gasteiger partial charge in [-0.1, -0.05) is 12.1 Å². The Morgan fingerprint density at radius 1 is 1.03 bits per heavy atom.